The predicted octanol–water partition coefficient (Wildman–Crippen LogP) is 2.22. The van der Waals surface area contributed by atoms with Crippen LogP contribution in [0, 0.1) is 0 Å². The third kappa shape index (κ3) is 2.92. The van der Waals surface area contributed by atoms with Crippen molar-refractivity contribution < 1.29 is 14.7 Å². The standard InChI is InChI=1S/C12H13BrN2O3S/c1-2-10-15(8(6-19-10)12(17)18)11(16)7-3-4-14-9(13)5-7/h3-5,8,10H,2,6H2,1H3,(H,17,18). The Balaban J connectivity index is 2.31. The second-order valence-corrected chi connectivity index (χ2v) is 6.15. The number of pyridine rings is 1. The van der Waals surface area contributed by atoms with Gasteiger partial charge in [-0.3, -0.25) is 4.79 Å². The van der Waals surface area contributed by atoms with Gasteiger partial charge in [0.1, 0.15) is 10.6 Å². The van der Waals surface area contributed by atoms with Crippen molar-refractivity contribution in [2.45, 2.75) is 24.8 Å². The summed E-state index contributed by atoms with van der Waals surface area (Å²) in [5.41, 5.74) is 0.453. The Labute approximate surface area is 123 Å². The van der Waals surface area contributed by atoms with Gasteiger partial charge in [0.2, 0.25) is 0 Å². The Kier molecular flexibility index (Phi) is 4.46. The molecule has 1 fully saturated rings. The normalized spacial score (nSPS) is 22.5. The molecule has 1 saturated heterocycles. The number of carbonyl (C=O) groups is 2. The minimum atomic E-state index is -0.954. The van der Waals surface area contributed by atoms with Crippen LogP contribution in [0.15, 0.2) is 22.9 Å². The summed E-state index contributed by atoms with van der Waals surface area (Å²) >= 11 is 4.72. The van der Waals surface area contributed by atoms with Crippen LogP contribution in [0.2, 0.25) is 0 Å². The van der Waals surface area contributed by atoms with Crippen LogP contribution >= 0.6 is 27.7 Å². The minimum absolute atomic E-state index is 0.0828. The van der Waals surface area contributed by atoms with Crippen molar-refractivity contribution in [1.82, 2.24) is 9.88 Å². The number of amides is 1. The van der Waals surface area contributed by atoms with Gasteiger partial charge in [-0.2, -0.15) is 0 Å². The van der Waals surface area contributed by atoms with Gasteiger partial charge in [0, 0.05) is 17.5 Å². The van der Waals surface area contributed by atoms with Gasteiger partial charge < -0.3 is 10.0 Å². The molecule has 0 aliphatic carbocycles. The molecule has 1 amide bonds. The van der Waals surface area contributed by atoms with Crippen LogP contribution in [-0.2, 0) is 4.79 Å². The van der Waals surface area contributed by atoms with E-state index in [1.165, 1.54) is 22.9 Å². The van der Waals surface area contributed by atoms with Gasteiger partial charge in [-0.15, -0.1) is 11.8 Å². The summed E-state index contributed by atoms with van der Waals surface area (Å²) in [7, 11) is 0. The Morgan fingerprint density at radius 1 is 1.63 bits per heavy atom. The third-order valence-electron chi connectivity index (χ3n) is 2.93. The number of carboxylic acid groups (broad SMARTS) is 1. The fourth-order valence-corrected chi connectivity index (χ4v) is 3.74. The van der Waals surface area contributed by atoms with Crippen molar-refractivity contribution in [3.63, 3.8) is 0 Å². The topological polar surface area (TPSA) is 70.5 Å². The van der Waals surface area contributed by atoms with Crippen molar-refractivity contribution in [2.75, 3.05) is 5.75 Å². The summed E-state index contributed by atoms with van der Waals surface area (Å²) in [4.78, 5) is 29.2. The predicted molar refractivity (Wildman–Crippen MR) is 76.1 cm³/mol. The number of halogens is 1. The molecule has 0 aromatic carbocycles. The zero-order chi connectivity index (χ0) is 14.0. The number of carboxylic acids is 1. The van der Waals surface area contributed by atoms with Gasteiger partial charge in [0.15, 0.2) is 0 Å². The molecule has 2 unspecified atom stereocenters. The van der Waals surface area contributed by atoms with Gasteiger partial charge >= 0.3 is 5.97 Å². The zero-order valence-corrected chi connectivity index (χ0v) is 12.6. The molecule has 5 nitrogen and oxygen atoms in total. The highest BCUT2D eigenvalue weighted by Gasteiger charge is 2.41. The highest BCUT2D eigenvalue weighted by atomic mass is 79.9. The van der Waals surface area contributed by atoms with E-state index < -0.39 is 12.0 Å². The molecule has 1 aromatic rings. The quantitative estimate of drug-likeness (QED) is 0.851. The lowest BCUT2D eigenvalue weighted by Gasteiger charge is -2.26. The molecule has 2 heterocycles. The highest BCUT2D eigenvalue weighted by molar-refractivity contribution is 9.10. The molecule has 1 aromatic heterocycles. The Bertz CT molecular complexity index is 512. The first-order valence-electron chi connectivity index (χ1n) is 5.83. The Hall–Kier alpha value is -1.08. The average molecular weight is 345 g/mol. The number of carbonyl (C=O) groups excluding carboxylic acids is 1. The van der Waals surface area contributed by atoms with Crippen molar-refractivity contribution in [2.24, 2.45) is 0 Å². The van der Waals surface area contributed by atoms with Crippen LogP contribution in [-0.4, -0.2) is 44.0 Å². The largest absolute Gasteiger partial charge is 0.480 e. The Morgan fingerprint density at radius 2 is 2.37 bits per heavy atom. The molecule has 1 aliphatic rings. The molecule has 102 valence electrons. The Morgan fingerprint density at radius 3 is 2.95 bits per heavy atom. The molecule has 19 heavy (non-hydrogen) atoms. The number of thioether (sulfide) groups is 1. The molecule has 0 radical (unpaired) electrons. The molecule has 2 atom stereocenters. The van der Waals surface area contributed by atoms with Crippen LogP contribution in [0.3, 0.4) is 0 Å². The average Bonchev–Trinajstić information content (AvgIpc) is 2.81. The van der Waals surface area contributed by atoms with Gasteiger partial charge in [-0.1, -0.05) is 6.92 Å². The monoisotopic (exact) mass is 344 g/mol. The molecular formula is C12H13BrN2O3S. The summed E-state index contributed by atoms with van der Waals surface area (Å²) in [5, 5.41) is 9.14. The van der Waals surface area contributed by atoms with E-state index in [9.17, 15) is 14.7 Å². The first-order chi connectivity index (χ1) is 9.04. The summed E-state index contributed by atoms with van der Waals surface area (Å²) < 4.78 is 0.560. The van der Waals surface area contributed by atoms with E-state index >= 15 is 0 Å². The zero-order valence-electron chi connectivity index (χ0n) is 10.2. The molecule has 1 aliphatic heterocycles. The number of hydrogen-bond acceptors (Lipinski definition) is 4. The molecule has 0 bridgehead atoms. The van der Waals surface area contributed by atoms with Gasteiger partial charge in [0.25, 0.3) is 5.91 Å². The summed E-state index contributed by atoms with van der Waals surface area (Å²) in [6.45, 7) is 1.95. The van der Waals surface area contributed by atoms with Gasteiger partial charge in [0.05, 0.1) is 5.37 Å². The van der Waals surface area contributed by atoms with E-state index in [-0.39, 0.29) is 11.3 Å². The molecule has 0 spiro atoms. The number of aliphatic carboxylic acids is 1. The second-order valence-electron chi connectivity index (χ2n) is 4.13. The number of hydrogen-bond donors (Lipinski definition) is 1. The molecule has 1 N–H and O–H groups in total. The first-order valence-corrected chi connectivity index (χ1v) is 7.67. The summed E-state index contributed by atoms with van der Waals surface area (Å²) in [6, 6.07) is 2.45. The van der Waals surface area contributed by atoms with Gasteiger partial charge in [-0.05, 0) is 34.5 Å². The molecule has 2 rings (SSSR count). The fraction of sp³-hybridized carbons (Fsp3) is 0.417. The third-order valence-corrected chi connectivity index (χ3v) is 4.82. The van der Waals surface area contributed by atoms with Gasteiger partial charge in [-0.25, -0.2) is 9.78 Å². The van der Waals surface area contributed by atoms with E-state index in [1.54, 1.807) is 12.1 Å². The van der Waals surface area contributed by atoms with E-state index in [0.717, 1.165) is 6.42 Å². The van der Waals surface area contributed by atoms with E-state index in [4.69, 9.17) is 0 Å². The highest BCUT2D eigenvalue weighted by Crippen LogP contribution is 2.32. The summed E-state index contributed by atoms with van der Waals surface area (Å²) in [6.07, 6.45) is 2.25. The lowest BCUT2D eigenvalue weighted by molar-refractivity contribution is -0.141. The number of aromatic nitrogens is 1. The van der Waals surface area contributed by atoms with E-state index in [2.05, 4.69) is 20.9 Å². The lowest BCUT2D eigenvalue weighted by Crippen LogP contribution is -2.45. The minimum Gasteiger partial charge on any atom is -0.480 e. The van der Waals surface area contributed by atoms with Crippen molar-refractivity contribution in [3.05, 3.63) is 28.5 Å². The number of nitrogens with zero attached hydrogens (tertiary/aromatic N) is 2. The molecule has 0 saturated carbocycles. The van der Waals surface area contributed by atoms with Crippen LogP contribution in [0.5, 0.6) is 0 Å². The fourth-order valence-electron chi connectivity index (χ4n) is 2.03. The van der Waals surface area contributed by atoms with Crippen LogP contribution in [0.1, 0.15) is 23.7 Å². The maximum atomic E-state index is 12.5. The van der Waals surface area contributed by atoms with Crippen molar-refractivity contribution >= 4 is 39.6 Å². The molecule has 7 heteroatoms. The van der Waals surface area contributed by atoms with E-state index in [1.807, 2.05) is 6.92 Å². The summed E-state index contributed by atoms with van der Waals surface area (Å²) in [5.74, 6) is -0.775. The van der Waals surface area contributed by atoms with Crippen LogP contribution in [0.25, 0.3) is 0 Å². The maximum Gasteiger partial charge on any atom is 0.327 e. The first kappa shape index (κ1) is 14.3. The smallest absolute Gasteiger partial charge is 0.327 e. The number of rotatable bonds is 3. The molecular weight excluding hydrogens is 332 g/mol. The van der Waals surface area contributed by atoms with E-state index in [0.29, 0.717) is 15.9 Å². The maximum absolute atomic E-state index is 12.5. The van der Waals surface area contributed by atoms with Crippen LogP contribution < -0.4 is 0 Å². The SMILES string of the molecule is CCC1SCC(C(=O)O)N1C(=O)c1ccnc(Br)c1. The van der Waals surface area contributed by atoms with Crippen molar-refractivity contribution in [3.8, 4) is 0 Å². The second kappa shape index (κ2) is 5.92. The van der Waals surface area contributed by atoms with Crippen molar-refractivity contribution in [1.29, 1.82) is 0 Å². The van der Waals surface area contributed by atoms with Crippen LogP contribution in [0.4, 0.5) is 0 Å². The lowest BCUT2D eigenvalue weighted by atomic mass is 10.2.